The van der Waals surface area contributed by atoms with Gasteiger partial charge in [0.05, 0.1) is 9.30 Å². The monoisotopic (exact) mass is 161 g/mol. The topological polar surface area (TPSA) is 20.2 Å². The van der Waals surface area contributed by atoms with Gasteiger partial charge < -0.3 is 5.11 Å². The van der Waals surface area contributed by atoms with Crippen molar-refractivity contribution in [1.82, 2.24) is 0 Å². The van der Waals surface area contributed by atoms with Crippen LogP contribution in [0.5, 0.6) is 0 Å². The molecule has 0 radical (unpaired) electrons. The van der Waals surface area contributed by atoms with E-state index < -0.39 is 25.4 Å². The van der Waals surface area contributed by atoms with Crippen LogP contribution in [0.3, 0.4) is 0 Å². The van der Waals surface area contributed by atoms with Crippen LogP contribution in [0.25, 0.3) is 0 Å². The van der Waals surface area contributed by atoms with E-state index in [0.717, 1.165) is 5.57 Å². The summed E-state index contributed by atoms with van der Waals surface area (Å²) >= 11 is 0. The van der Waals surface area contributed by atoms with Gasteiger partial charge in [0.1, 0.15) is 0 Å². The molecule has 0 aromatic rings. The van der Waals surface area contributed by atoms with E-state index in [4.69, 9.17) is 14.7 Å². The molecule has 0 saturated carbocycles. The Balaban J connectivity index is 5.47. The second-order valence-corrected chi connectivity index (χ2v) is 2.35. The summed E-state index contributed by atoms with van der Waals surface area (Å²) in [5.41, 5.74) is 0.107. The van der Waals surface area contributed by atoms with Crippen molar-refractivity contribution in [2.24, 2.45) is 0 Å². The third kappa shape index (κ3) is 7.34. The third-order valence-electron chi connectivity index (χ3n) is 1.01. The van der Waals surface area contributed by atoms with Gasteiger partial charge in [-0.25, -0.2) is 0 Å². The molecular formula is C10H18O. The van der Waals surface area contributed by atoms with Gasteiger partial charge in [0, 0.05) is 6.85 Å². The van der Waals surface area contributed by atoms with Gasteiger partial charge in [-0.2, -0.15) is 0 Å². The Bertz CT molecular complexity index is 342. The van der Waals surface area contributed by atoms with Crippen molar-refractivity contribution in [2.45, 2.75) is 33.5 Å². The maximum absolute atomic E-state index is 9.02. The standard InChI is InChI=1S/C10H18O/c1-9(2)5-4-6-10(3)7-8-11/h5,7,11H,4,6,8H2,1-3H3/b10-7-/i3D3,6D2,8D2. The van der Waals surface area contributed by atoms with E-state index in [-0.39, 0.29) is 6.42 Å². The molecule has 0 saturated heterocycles. The molecule has 0 aliphatic heterocycles. The highest BCUT2D eigenvalue weighted by Crippen LogP contribution is 2.05. The number of allylic oxidation sites excluding steroid dienone is 3. The van der Waals surface area contributed by atoms with Gasteiger partial charge in [-0.3, -0.25) is 0 Å². The zero-order valence-electron chi connectivity index (χ0n) is 13.8. The maximum atomic E-state index is 9.02. The molecule has 0 aliphatic carbocycles. The third-order valence-corrected chi connectivity index (χ3v) is 1.01. The molecular weight excluding hydrogens is 136 g/mol. The minimum atomic E-state index is -2.86. The van der Waals surface area contributed by atoms with Crippen molar-refractivity contribution in [3.8, 4) is 0 Å². The van der Waals surface area contributed by atoms with Crippen LogP contribution in [0.1, 0.15) is 43.1 Å². The van der Waals surface area contributed by atoms with Crippen LogP contribution in [-0.4, -0.2) is 11.7 Å². The van der Waals surface area contributed by atoms with Crippen LogP contribution in [0, 0.1) is 0 Å². The molecule has 0 fully saturated rings. The first-order valence-corrected chi connectivity index (χ1v) is 3.35. The van der Waals surface area contributed by atoms with Gasteiger partial charge >= 0.3 is 0 Å². The average molecular weight is 161 g/mol. The molecule has 1 heteroatoms. The summed E-state index contributed by atoms with van der Waals surface area (Å²) < 4.78 is 51.1. The Labute approximate surface area is 79.3 Å². The Kier molecular flexibility index (Phi) is 1.93. The minimum Gasteiger partial charge on any atom is -0.392 e. The largest absolute Gasteiger partial charge is 0.392 e. The molecule has 0 rings (SSSR count). The van der Waals surface area contributed by atoms with Crippen molar-refractivity contribution in [3.05, 3.63) is 23.3 Å². The summed E-state index contributed by atoms with van der Waals surface area (Å²) in [5, 5.41) is 9.02. The highest BCUT2D eigenvalue weighted by atomic mass is 16.2. The Hall–Kier alpha value is -0.560. The van der Waals surface area contributed by atoms with E-state index >= 15 is 0 Å². The Morgan fingerprint density at radius 3 is 2.73 bits per heavy atom. The van der Waals surface area contributed by atoms with Gasteiger partial charge in [-0.15, -0.1) is 0 Å². The average Bonchev–Trinajstić information content (AvgIpc) is 2.08. The van der Waals surface area contributed by atoms with E-state index in [9.17, 15) is 0 Å². The summed E-state index contributed by atoms with van der Waals surface area (Å²) in [6.07, 6.45) is -0.459. The summed E-state index contributed by atoms with van der Waals surface area (Å²) in [6, 6.07) is 0. The van der Waals surface area contributed by atoms with Crippen LogP contribution < -0.4 is 0 Å². The lowest BCUT2D eigenvalue weighted by Gasteiger charge is -1.96. The quantitative estimate of drug-likeness (QED) is 0.628. The number of rotatable bonds is 4. The van der Waals surface area contributed by atoms with Crippen LogP contribution in [0.4, 0.5) is 0 Å². The summed E-state index contributed by atoms with van der Waals surface area (Å²) in [5.74, 6) is 0. The zero-order valence-corrected chi connectivity index (χ0v) is 6.81. The van der Waals surface area contributed by atoms with Crippen molar-refractivity contribution in [3.63, 3.8) is 0 Å². The fourth-order valence-corrected chi connectivity index (χ4v) is 0.481. The highest BCUT2D eigenvalue weighted by Gasteiger charge is 1.86. The summed E-state index contributed by atoms with van der Waals surface area (Å²) in [7, 11) is 0. The first kappa shape index (κ1) is 3.44. The molecule has 0 atom stereocenters. The molecule has 1 nitrogen and oxygen atoms in total. The molecule has 0 aromatic carbocycles. The first-order chi connectivity index (χ1) is 7.76. The van der Waals surface area contributed by atoms with Gasteiger partial charge in [-0.05, 0) is 33.5 Å². The number of aliphatic hydroxyl groups is 1. The van der Waals surface area contributed by atoms with Gasteiger partial charge in [0.15, 0.2) is 0 Å². The van der Waals surface area contributed by atoms with Crippen molar-refractivity contribution in [1.29, 1.82) is 0 Å². The smallest absolute Gasteiger partial charge is 0.0614 e. The lowest BCUT2D eigenvalue weighted by molar-refractivity contribution is 0.341. The molecule has 64 valence electrons. The van der Waals surface area contributed by atoms with Crippen molar-refractivity contribution in [2.75, 3.05) is 6.56 Å². The van der Waals surface area contributed by atoms with Gasteiger partial charge in [0.2, 0.25) is 0 Å². The van der Waals surface area contributed by atoms with Crippen molar-refractivity contribution < 1.29 is 14.7 Å². The predicted molar refractivity (Wildman–Crippen MR) is 49.5 cm³/mol. The first-order valence-electron chi connectivity index (χ1n) is 6.85. The molecule has 0 amide bonds. The predicted octanol–water partition coefficient (Wildman–Crippen LogP) is 2.67. The summed E-state index contributed by atoms with van der Waals surface area (Å²) in [6.45, 7) is -2.16. The lowest BCUT2D eigenvalue weighted by atomic mass is 10.1. The number of hydrogen-bond donors (Lipinski definition) is 1. The highest BCUT2D eigenvalue weighted by molar-refractivity contribution is 5.01. The fraction of sp³-hybridized carbons (Fsp3) is 0.600. The van der Waals surface area contributed by atoms with Crippen LogP contribution in [0.2, 0.25) is 0 Å². The molecule has 0 unspecified atom stereocenters. The summed E-state index contributed by atoms with van der Waals surface area (Å²) in [4.78, 5) is 0. The second kappa shape index (κ2) is 6.17. The van der Waals surface area contributed by atoms with E-state index in [0.29, 0.717) is 6.08 Å². The van der Waals surface area contributed by atoms with E-state index in [2.05, 4.69) is 0 Å². The Morgan fingerprint density at radius 1 is 1.55 bits per heavy atom. The molecule has 0 aliphatic rings. The Morgan fingerprint density at radius 2 is 2.27 bits per heavy atom. The number of hydrogen-bond acceptors (Lipinski definition) is 1. The van der Waals surface area contributed by atoms with Gasteiger partial charge in [-0.1, -0.05) is 23.3 Å². The normalized spacial score (nSPS) is 24.6. The van der Waals surface area contributed by atoms with Crippen LogP contribution >= 0.6 is 0 Å². The molecule has 0 spiro atoms. The van der Waals surface area contributed by atoms with E-state index in [1.807, 2.05) is 0 Å². The molecule has 11 heavy (non-hydrogen) atoms. The van der Waals surface area contributed by atoms with Crippen LogP contribution in [0.15, 0.2) is 23.3 Å². The maximum Gasteiger partial charge on any atom is 0.0614 e. The second-order valence-electron chi connectivity index (χ2n) is 2.35. The molecule has 0 heterocycles. The SMILES string of the molecule is [2H]C([2H])(O)/C=C(/C([2H])([2H])[2H])C([2H])([2H])CC=C(C)C. The minimum absolute atomic E-state index is 0.185. The molecule has 0 bridgehead atoms. The fourth-order valence-electron chi connectivity index (χ4n) is 0.481. The van der Waals surface area contributed by atoms with Gasteiger partial charge in [0.25, 0.3) is 0 Å². The lowest BCUT2D eigenvalue weighted by Crippen LogP contribution is -1.80. The van der Waals surface area contributed by atoms with Crippen LogP contribution in [-0.2, 0) is 0 Å². The van der Waals surface area contributed by atoms with E-state index in [1.165, 1.54) is 6.08 Å². The molecule has 0 aromatic heterocycles. The molecule has 1 N–H and O–H groups in total. The van der Waals surface area contributed by atoms with Crippen molar-refractivity contribution >= 4 is 0 Å². The van der Waals surface area contributed by atoms with E-state index in [1.54, 1.807) is 13.8 Å². The zero-order chi connectivity index (χ0) is 14.8.